The number of hydrogen-bond donors (Lipinski definition) is 1. The molecule has 1 saturated heterocycles. The zero-order valence-electron chi connectivity index (χ0n) is 19.2. The molecule has 2 aliphatic heterocycles. The summed E-state index contributed by atoms with van der Waals surface area (Å²) in [5, 5.41) is 5.05. The van der Waals surface area contributed by atoms with Crippen LogP contribution in [0, 0.1) is 6.92 Å². The van der Waals surface area contributed by atoms with Gasteiger partial charge in [-0.3, -0.25) is 14.4 Å². The highest BCUT2D eigenvalue weighted by molar-refractivity contribution is 7.10. The molecule has 0 atom stereocenters. The Kier molecular flexibility index (Phi) is 6.20. The van der Waals surface area contributed by atoms with Gasteiger partial charge in [0.1, 0.15) is 0 Å². The molecule has 1 aromatic heterocycles. The number of amides is 3. The number of carbonyl (C=O) groups is 3. The molecule has 1 fully saturated rings. The van der Waals surface area contributed by atoms with Crippen LogP contribution in [0.3, 0.4) is 0 Å². The van der Waals surface area contributed by atoms with Crippen LogP contribution in [0.15, 0.2) is 53.9 Å². The minimum Gasteiger partial charge on any atom is -0.338 e. The van der Waals surface area contributed by atoms with E-state index in [2.05, 4.69) is 16.8 Å². The molecule has 0 aliphatic carbocycles. The van der Waals surface area contributed by atoms with Crippen molar-refractivity contribution in [2.45, 2.75) is 39.3 Å². The fraction of sp³-hybridized carbons (Fsp3) is 0.296. The molecule has 3 amide bonds. The molecule has 5 rings (SSSR count). The number of anilines is 1. The number of nitrogens with one attached hydrogen (secondary N) is 1. The van der Waals surface area contributed by atoms with Gasteiger partial charge in [0.05, 0.1) is 0 Å². The Labute approximate surface area is 203 Å². The van der Waals surface area contributed by atoms with Gasteiger partial charge in [-0.15, -0.1) is 11.3 Å². The number of fused-ring (bicyclic) bond motifs is 1. The fourth-order valence-electron chi connectivity index (χ4n) is 4.64. The van der Waals surface area contributed by atoms with E-state index < -0.39 is 0 Å². The van der Waals surface area contributed by atoms with Gasteiger partial charge in [-0.1, -0.05) is 18.2 Å². The van der Waals surface area contributed by atoms with Gasteiger partial charge in [0.25, 0.3) is 11.8 Å². The molecule has 3 aromatic rings. The first kappa shape index (κ1) is 22.3. The fourth-order valence-corrected chi connectivity index (χ4v) is 5.53. The first-order valence-corrected chi connectivity index (χ1v) is 12.5. The number of thiophene rings is 1. The lowest BCUT2D eigenvalue weighted by molar-refractivity contribution is -0.128. The van der Waals surface area contributed by atoms with E-state index in [1.807, 2.05) is 47.1 Å². The van der Waals surface area contributed by atoms with E-state index in [-0.39, 0.29) is 17.7 Å². The molecule has 2 aliphatic rings. The molecule has 0 bridgehead atoms. The summed E-state index contributed by atoms with van der Waals surface area (Å²) in [6.07, 6.45) is 2.41. The molecule has 174 valence electrons. The molecule has 0 spiro atoms. The number of benzene rings is 2. The minimum absolute atomic E-state index is 0.00809. The topological polar surface area (TPSA) is 69.7 Å². The number of nitrogens with zero attached hydrogens (tertiary/aromatic N) is 2. The predicted molar refractivity (Wildman–Crippen MR) is 133 cm³/mol. The summed E-state index contributed by atoms with van der Waals surface area (Å²) in [5.41, 5.74) is 4.78. The molecular weight excluding hydrogens is 446 g/mol. The van der Waals surface area contributed by atoms with E-state index in [4.69, 9.17) is 0 Å². The zero-order valence-corrected chi connectivity index (χ0v) is 20.0. The molecule has 6 nitrogen and oxygen atoms in total. The van der Waals surface area contributed by atoms with Crippen LogP contribution in [0.4, 0.5) is 5.69 Å². The highest BCUT2D eigenvalue weighted by atomic mass is 32.1. The van der Waals surface area contributed by atoms with Crippen molar-refractivity contribution in [3.63, 3.8) is 0 Å². The summed E-state index contributed by atoms with van der Waals surface area (Å²) in [7, 11) is 0. The quantitative estimate of drug-likeness (QED) is 0.587. The van der Waals surface area contributed by atoms with Crippen LogP contribution in [-0.4, -0.2) is 40.6 Å². The molecule has 0 radical (unpaired) electrons. The first-order chi connectivity index (χ1) is 16.5. The molecule has 1 N–H and O–H groups in total. The number of likely N-dealkylation sites (tertiary alicyclic amines) is 1. The van der Waals surface area contributed by atoms with Crippen LogP contribution in [0.2, 0.25) is 0 Å². The summed E-state index contributed by atoms with van der Waals surface area (Å²) in [4.78, 5) is 43.1. The first-order valence-electron chi connectivity index (χ1n) is 11.6. The van der Waals surface area contributed by atoms with Crippen molar-refractivity contribution in [3.8, 4) is 0 Å². The van der Waals surface area contributed by atoms with Crippen LogP contribution in [0.5, 0.6) is 0 Å². The van der Waals surface area contributed by atoms with E-state index in [1.165, 1.54) is 10.4 Å². The lowest BCUT2D eigenvalue weighted by Crippen LogP contribution is -2.35. The van der Waals surface area contributed by atoms with Crippen molar-refractivity contribution in [2.24, 2.45) is 0 Å². The van der Waals surface area contributed by atoms with Crippen LogP contribution in [0.1, 0.15) is 55.1 Å². The number of rotatable bonds is 5. The average Bonchev–Trinajstić information content (AvgIpc) is 3.48. The molecule has 0 unspecified atom stereocenters. The molecule has 34 heavy (non-hydrogen) atoms. The summed E-state index contributed by atoms with van der Waals surface area (Å²) in [6.45, 7) is 4.58. The second-order valence-electron chi connectivity index (χ2n) is 8.89. The molecule has 3 heterocycles. The maximum atomic E-state index is 13.3. The summed E-state index contributed by atoms with van der Waals surface area (Å²) in [6, 6.07) is 14.9. The van der Waals surface area contributed by atoms with Crippen LogP contribution in [0.25, 0.3) is 0 Å². The van der Waals surface area contributed by atoms with Gasteiger partial charge in [0.2, 0.25) is 5.91 Å². The van der Waals surface area contributed by atoms with Gasteiger partial charge in [0.15, 0.2) is 0 Å². The monoisotopic (exact) mass is 473 g/mol. The van der Waals surface area contributed by atoms with Crippen molar-refractivity contribution in [1.82, 2.24) is 9.80 Å². The highest BCUT2D eigenvalue weighted by Gasteiger charge is 2.24. The standard InChI is InChI=1S/C27H27N3O3S/c1-18-22(27(33)30-14-11-24-21(17-30)12-15-34-24)4-2-5-23(18)28-26(32)20-9-7-19(8-10-20)16-29-13-3-6-25(29)31/h2,4-5,7-10,12,15H,3,6,11,13-14,16-17H2,1H3,(H,28,32). The number of carbonyl (C=O) groups excluding carboxylic acids is 3. The van der Waals surface area contributed by atoms with Crippen molar-refractivity contribution < 1.29 is 14.4 Å². The third-order valence-electron chi connectivity index (χ3n) is 6.67. The van der Waals surface area contributed by atoms with E-state index in [0.717, 1.165) is 30.5 Å². The SMILES string of the molecule is Cc1c(NC(=O)c2ccc(CN3CCCC3=O)cc2)cccc1C(=O)N1CCc2sccc2C1. The highest BCUT2D eigenvalue weighted by Crippen LogP contribution is 2.27. The molecular formula is C27H27N3O3S. The Balaban J connectivity index is 1.26. The van der Waals surface area contributed by atoms with Gasteiger partial charge in [-0.2, -0.15) is 0 Å². The van der Waals surface area contributed by atoms with Crippen molar-refractivity contribution in [3.05, 3.63) is 86.6 Å². The smallest absolute Gasteiger partial charge is 0.255 e. The lowest BCUT2D eigenvalue weighted by Gasteiger charge is -2.28. The second-order valence-corrected chi connectivity index (χ2v) is 9.89. The molecule has 2 aromatic carbocycles. The van der Waals surface area contributed by atoms with E-state index in [1.54, 1.807) is 23.5 Å². The van der Waals surface area contributed by atoms with Crippen LogP contribution >= 0.6 is 11.3 Å². The van der Waals surface area contributed by atoms with Gasteiger partial charge in [0, 0.05) is 54.3 Å². The summed E-state index contributed by atoms with van der Waals surface area (Å²) < 4.78 is 0. The zero-order chi connectivity index (χ0) is 23.7. The second kappa shape index (κ2) is 9.43. The van der Waals surface area contributed by atoms with Gasteiger partial charge in [-0.25, -0.2) is 0 Å². The minimum atomic E-state index is -0.225. The van der Waals surface area contributed by atoms with Crippen LogP contribution < -0.4 is 5.32 Å². The van der Waals surface area contributed by atoms with Crippen molar-refractivity contribution in [1.29, 1.82) is 0 Å². The summed E-state index contributed by atoms with van der Waals surface area (Å²) in [5.74, 6) is -0.0457. The van der Waals surface area contributed by atoms with Gasteiger partial charge >= 0.3 is 0 Å². The third kappa shape index (κ3) is 4.48. The van der Waals surface area contributed by atoms with Crippen molar-refractivity contribution >= 4 is 34.7 Å². The maximum Gasteiger partial charge on any atom is 0.255 e. The number of hydrogen-bond acceptors (Lipinski definition) is 4. The lowest BCUT2D eigenvalue weighted by atomic mass is 10.0. The van der Waals surface area contributed by atoms with Gasteiger partial charge < -0.3 is 15.1 Å². The van der Waals surface area contributed by atoms with Crippen LogP contribution in [-0.2, 0) is 24.3 Å². The van der Waals surface area contributed by atoms with E-state index >= 15 is 0 Å². The Morgan fingerprint density at radius 3 is 2.62 bits per heavy atom. The van der Waals surface area contributed by atoms with E-state index in [9.17, 15) is 14.4 Å². The summed E-state index contributed by atoms with van der Waals surface area (Å²) >= 11 is 1.75. The van der Waals surface area contributed by atoms with Crippen molar-refractivity contribution in [2.75, 3.05) is 18.4 Å². The third-order valence-corrected chi connectivity index (χ3v) is 7.69. The largest absolute Gasteiger partial charge is 0.338 e. The molecule has 7 heteroatoms. The van der Waals surface area contributed by atoms with E-state index in [0.29, 0.717) is 42.9 Å². The molecule has 0 saturated carbocycles. The van der Waals surface area contributed by atoms with Gasteiger partial charge in [-0.05, 0) is 72.2 Å². The average molecular weight is 474 g/mol. The normalized spacial score (nSPS) is 15.4. The Hall–Kier alpha value is -3.45. The Morgan fingerprint density at radius 2 is 1.85 bits per heavy atom. The Morgan fingerprint density at radius 1 is 1.03 bits per heavy atom. The maximum absolute atomic E-state index is 13.3. The predicted octanol–water partition coefficient (Wildman–Crippen LogP) is 4.63. The Bertz CT molecular complexity index is 1250.